The highest BCUT2D eigenvalue weighted by Gasteiger charge is 2.32. The first kappa shape index (κ1) is 18.8. The van der Waals surface area contributed by atoms with Crippen molar-refractivity contribution in [2.24, 2.45) is 0 Å². The quantitative estimate of drug-likeness (QED) is 0.784. The lowest BCUT2D eigenvalue weighted by Crippen LogP contribution is -2.44. The maximum atomic E-state index is 13.9. The fourth-order valence-corrected chi connectivity index (χ4v) is 2.72. The summed E-state index contributed by atoms with van der Waals surface area (Å²) in [5.74, 6) is -0.942. The number of benzene rings is 2. The Labute approximate surface area is 156 Å². The predicted octanol–water partition coefficient (Wildman–Crippen LogP) is 2.96. The monoisotopic (exact) mass is 373 g/mol. The average Bonchev–Trinajstić information content (AvgIpc) is 3.50. The third kappa shape index (κ3) is 5.51. The van der Waals surface area contributed by atoms with Crippen molar-refractivity contribution < 1.29 is 18.4 Å². The third-order valence-electron chi connectivity index (χ3n) is 4.37. The molecule has 0 aromatic heterocycles. The van der Waals surface area contributed by atoms with Crippen molar-refractivity contribution in [3.05, 3.63) is 71.3 Å². The zero-order valence-corrected chi connectivity index (χ0v) is 14.8. The Kier molecular flexibility index (Phi) is 6.01. The molecule has 3 amide bonds. The number of nitrogens with zero attached hydrogens (tertiary/aromatic N) is 1. The zero-order chi connectivity index (χ0) is 19.2. The molecule has 1 aliphatic carbocycles. The van der Waals surface area contributed by atoms with Crippen molar-refractivity contribution in [3.8, 4) is 0 Å². The second-order valence-electron chi connectivity index (χ2n) is 6.51. The van der Waals surface area contributed by atoms with E-state index in [1.807, 2.05) is 0 Å². The van der Waals surface area contributed by atoms with Gasteiger partial charge in [0, 0.05) is 24.7 Å². The van der Waals surface area contributed by atoms with Crippen LogP contribution in [-0.4, -0.2) is 29.4 Å². The standard InChI is InChI=1S/C20H21F2N3O2/c21-16-7-5-14(6-8-16)11-23-20(27)24-12-19(26)25(17-9-10-17)13-15-3-1-2-4-18(15)22/h1-8,17H,9-13H2,(H2,23,24,27). The fourth-order valence-electron chi connectivity index (χ4n) is 2.72. The largest absolute Gasteiger partial charge is 0.334 e. The molecular formula is C20H21F2N3O2. The smallest absolute Gasteiger partial charge is 0.315 e. The van der Waals surface area contributed by atoms with Gasteiger partial charge in [0.25, 0.3) is 0 Å². The van der Waals surface area contributed by atoms with Crippen LogP contribution in [0.4, 0.5) is 13.6 Å². The number of halogens is 2. The number of amides is 3. The second-order valence-corrected chi connectivity index (χ2v) is 6.51. The molecule has 0 saturated heterocycles. The molecule has 0 atom stereocenters. The van der Waals surface area contributed by atoms with Crippen LogP contribution in [0.5, 0.6) is 0 Å². The van der Waals surface area contributed by atoms with Gasteiger partial charge in [0.15, 0.2) is 0 Å². The first-order valence-corrected chi connectivity index (χ1v) is 8.82. The Morgan fingerprint density at radius 3 is 2.37 bits per heavy atom. The van der Waals surface area contributed by atoms with Gasteiger partial charge in [-0.15, -0.1) is 0 Å². The molecule has 1 aliphatic rings. The maximum Gasteiger partial charge on any atom is 0.315 e. The normalized spacial score (nSPS) is 13.1. The molecule has 5 nitrogen and oxygen atoms in total. The minimum absolute atomic E-state index is 0.0983. The molecule has 2 N–H and O–H groups in total. The molecule has 0 unspecified atom stereocenters. The van der Waals surface area contributed by atoms with Gasteiger partial charge in [-0.1, -0.05) is 30.3 Å². The highest BCUT2D eigenvalue weighted by Crippen LogP contribution is 2.28. The maximum absolute atomic E-state index is 13.9. The summed E-state index contributed by atoms with van der Waals surface area (Å²) < 4.78 is 26.7. The van der Waals surface area contributed by atoms with Crippen molar-refractivity contribution in [2.45, 2.75) is 32.0 Å². The Morgan fingerprint density at radius 2 is 1.70 bits per heavy atom. The van der Waals surface area contributed by atoms with E-state index in [0.29, 0.717) is 5.56 Å². The van der Waals surface area contributed by atoms with Crippen LogP contribution in [0.3, 0.4) is 0 Å². The molecule has 0 spiro atoms. The van der Waals surface area contributed by atoms with E-state index in [9.17, 15) is 18.4 Å². The van der Waals surface area contributed by atoms with E-state index in [0.717, 1.165) is 18.4 Å². The Morgan fingerprint density at radius 1 is 1.00 bits per heavy atom. The van der Waals surface area contributed by atoms with Crippen molar-refractivity contribution in [2.75, 3.05) is 6.54 Å². The summed E-state index contributed by atoms with van der Waals surface area (Å²) in [5, 5.41) is 5.13. The van der Waals surface area contributed by atoms with Crippen LogP contribution in [0.2, 0.25) is 0 Å². The van der Waals surface area contributed by atoms with E-state index in [-0.39, 0.29) is 43.2 Å². The highest BCUT2D eigenvalue weighted by atomic mass is 19.1. The molecule has 0 bridgehead atoms. The van der Waals surface area contributed by atoms with Crippen LogP contribution in [0.25, 0.3) is 0 Å². The topological polar surface area (TPSA) is 61.4 Å². The summed E-state index contributed by atoms with van der Waals surface area (Å²) in [7, 11) is 0. The molecule has 0 aliphatic heterocycles. The van der Waals surface area contributed by atoms with E-state index in [2.05, 4.69) is 10.6 Å². The third-order valence-corrected chi connectivity index (χ3v) is 4.37. The van der Waals surface area contributed by atoms with Gasteiger partial charge < -0.3 is 15.5 Å². The van der Waals surface area contributed by atoms with Gasteiger partial charge in [-0.2, -0.15) is 0 Å². The molecule has 1 fully saturated rings. The van der Waals surface area contributed by atoms with Gasteiger partial charge in [0.2, 0.25) is 5.91 Å². The van der Waals surface area contributed by atoms with Crippen LogP contribution in [-0.2, 0) is 17.9 Å². The van der Waals surface area contributed by atoms with E-state index in [1.54, 1.807) is 35.2 Å². The van der Waals surface area contributed by atoms with Gasteiger partial charge in [-0.05, 0) is 36.6 Å². The first-order chi connectivity index (χ1) is 13.0. The van der Waals surface area contributed by atoms with Crippen molar-refractivity contribution in [1.82, 2.24) is 15.5 Å². The van der Waals surface area contributed by atoms with Crippen molar-refractivity contribution in [1.29, 1.82) is 0 Å². The van der Waals surface area contributed by atoms with E-state index < -0.39 is 6.03 Å². The van der Waals surface area contributed by atoms with Crippen molar-refractivity contribution in [3.63, 3.8) is 0 Å². The summed E-state index contributed by atoms with van der Waals surface area (Å²) in [4.78, 5) is 26.0. The average molecular weight is 373 g/mol. The summed E-state index contributed by atoms with van der Waals surface area (Å²) in [6.07, 6.45) is 1.77. The SMILES string of the molecule is O=C(NCC(=O)N(Cc1ccccc1F)C1CC1)NCc1ccc(F)cc1. The predicted molar refractivity (Wildman–Crippen MR) is 96.6 cm³/mol. The number of hydrogen-bond acceptors (Lipinski definition) is 2. The molecule has 3 rings (SSSR count). The number of nitrogens with one attached hydrogen (secondary N) is 2. The summed E-state index contributed by atoms with van der Waals surface area (Å²) in [5.41, 5.74) is 1.20. The van der Waals surface area contributed by atoms with E-state index in [4.69, 9.17) is 0 Å². The Bertz CT molecular complexity index is 807. The molecule has 0 heterocycles. The number of urea groups is 1. The molecule has 7 heteroatoms. The fraction of sp³-hybridized carbons (Fsp3) is 0.300. The molecule has 27 heavy (non-hydrogen) atoms. The number of carbonyl (C=O) groups is 2. The number of hydrogen-bond donors (Lipinski definition) is 2. The zero-order valence-electron chi connectivity index (χ0n) is 14.8. The van der Waals surface area contributed by atoms with Crippen molar-refractivity contribution >= 4 is 11.9 Å². The molecule has 1 saturated carbocycles. The summed E-state index contributed by atoms with van der Waals surface area (Å²) in [6.45, 7) is 0.247. The van der Waals surface area contributed by atoms with E-state index in [1.165, 1.54) is 18.2 Å². The lowest BCUT2D eigenvalue weighted by atomic mass is 10.2. The van der Waals surface area contributed by atoms with Gasteiger partial charge in [0.1, 0.15) is 11.6 Å². The van der Waals surface area contributed by atoms with Crippen LogP contribution >= 0.6 is 0 Å². The van der Waals surface area contributed by atoms with Gasteiger partial charge >= 0.3 is 6.03 Å². The highest BCUT2D eigenvalue weighted by molar-refractivity contribution is 5.84. The van der Waals surface area contributed by atoms with Gasteiger partial charge in [0.05, 0.1) is 6.54 Å². The molecule has 142 valence electrons. The minimum atomic E-state index is -0.491. The lowest BCUT2D eigenvalue weighted by Gasteiger charge is -2.23. The lowest BCUT2D eigenvalue weighted by molar-refractivity contribution is -0.131. The minimum Gasteiger partial charge on any atom is -0.334 e. The Balaban J connectivity index is 1.48. The molecular weight excluding hydrogens is 352 g/mol. The summed E-state index contributed by atoms with van der Waals surface area (Å²) >= 11 is 0. The molecule has 0 radical (unpaired) electrons. The van der Waals surface area contributed by atoms with Crippen LogP contribution in [0.1, 0.15) is 24.0 Å². The molecule has 2 aromatic carbocycles. The Hall–Kier alpha value is -2.96. The van der Waals surface area contributed by atoms with Gasteiger partial charge in [-0.3, -0.25) is 4.79 Å². The van der Waals surface area contributed by atoms with Gasteiger partial charge in [-0.25, -0.2) is 13.6 Å². The summed E-state index contributed by atoms with van der Waals surface area (Å²) in [6, 6.07) is 11.7. The van der Waals surface area contributed by atoms with E-state index >= 15 is 0 Å². The van der Waals surface area contributed by atoms with Crippen LogP contribution in [0, 0.1) is 11.6 Å². The van der Waals surface area contributed by atoms with Crippen LogP contribution in [0.15, 0.2) is 48.5 Å². The molecule has 2 aromatic rings. The van der Waals surface area contributed by atoms with Crippen LogP contribution < -0.4 is 10.6 Å². The number of carbonyl (C=O) groups excluding carboxylic acids is 2. The number of rotatable bonds is 7. The first-order valence-electron chi connectivity index (χ1n) is 8.82. The second kappa shape index (κ2) is 8.62.